The van der Waals surface area contributed by atoms with Gasteiger partial charge in [-0.05, 0) is 12.8 Å². The van der Waals surface area contributed by atoms with Crippen LogP contribution in [0.2, 0.25) is 0 Å². The van der Waals surface area contributed by atoms with Crippen LogP contribution in [-0.4, -0.2) is 38.9 Å². The van der Waals surface area contributed by atoms with Gasteiger partial charge in [-0.3, -0.25) is 9.59 Å². The Kier molecular flexibility index (Phi) is 2.14. The first-order chi connectivity index (χ1) is 7.14. The molecule has 1 aliphatic rings. The molecule has 0 unspecified atom stereocenters. The normalized spacial score (nSPS) is 17.1. The minimum absolute atomic E-state index is 0.147. The van der Waals surface area contributed by atoms with Gasteiger partial charge in [-0.2, -0.15) is 15.4 Å². The van der Waals surface area contributed by atoms with Crippen molar-refractivity contribution >= 4 is 11.9 Å². The number of nitrogens with one attached hydrogen (secondary N) is 2. The number of aliphatic carboxylic acids is 1. The Balaban J connectivity index is 1.89. The van der Waals surface area contributed by atoms with E-state index in [1.54, 1.807) is 0 Å². The second kappa shape index (κ2) is 3.34. The summed E-state index contributed by atoms with van der Waals surface area (Å²) in [4.78, 5) is 22.2. The topological polar surface area (TPSA) is 108 Å². The molecule has 0 spiro atoms. The summed E-state index contributed by atoms with van der Waals surface area (Å²) in [7, 11) is 0. The number of carboxylic acids is 1. The first-order valence-electron chi connectivity index (χ1n) is 4.51. The molecule has 7 heteroatoms. The van der Waals surface area contributed by atoms with Crippen LogP contribution in [0, 0.1) is 5.41 Å². The average Bonchev–Trinajstić information content (AvgIpc) is 2.80. The van der Waals surface area contributed by atoms with Crippen LogP contribution in [0.4, 0.5) is 0 Å². The highest BCUT2D eigenvalue weighted by Gasteiger charge is 2.50. The molecule has 1 aromatic rings. The van der Waals surface area contributed by atoms with Crippen molar-refractivity contribution in [1.82, 2.24) is 20.7 Å². The van der Waals surface area contributed by atoms with Crippen LogP contribution >= 0.6 is 0 Å². The van der Waals surface area contributed by atoms with Crippen LogP contribution in [0.3, 0.4) is 0 Å². The molecule has 3 N–H and O–H groups in total. The van der Waals surface area contributed by atoms with Crippen molar-refractivity contribution in [3.8, 4) is 0 Å². The smallest absolute Gasteiger partial charge is 0.311 e. The largest absolute Gasteiger partial charge is 0.481 e. The van der Waals surface area contributed by atoms with Crippen molar-refractivity contribution in [1.29, 1.82) is 0 Å². The maximum atomic E-state index is 11.4. The molecular weight excluding hydrogens is 200 g/mol. The zero-order valence-corrected chi connectivity index (χ0v) is 7.86. The van der Waals surface area contributed by atoms with Crippen molar-refractivity contribution in [2.75, 3.05) is 6.54 Å². The fraction of sp³-hybridized carbons (Fsp3) is 0.500. The molecule has 0 atom stereocenters. The Hall–Kier alpha value is -1.92. The maximum absolute atomic E-state index is 11.4. The number of nitrogens with zero attached hydrogens (tertiary/aromatic N) is 2. The monoisotopic (exact) mass is 210 g/mol. The molecule has 0 bridgehead atoms. The molecule has 1 aromatic heterocycles. The van der Waals surface area contributed by atoms with Crippen LogP contribution < -0.4 is 5.32 Å². The fourth-order valence-electron chi connectivity index (χ4n) is 1.27. The van der Waals surface area contributed by atoms with E-state index in [-0.39, 0.29) is 12.2 Å². The Morgan fingerprint density at radius 2 is 2.33 bits per heavy atom. The quantitative estimate of drug-likeness (QED) is 0.615. The second-order valence-electron chi connectivity index (χ2n) is 3.62. The zero-order chi connectivity index (χ0) is 10.9. The predicted octanol–water partition coefficient (Wildman–Crippen LogP) is -0.601. The molecule has 1 saturated carbocycles. The fourth-order valence-corrected chi connectivity index (χ4v) is 1.27. The summed E-state index contributed by atoms with van der Waals surface area (Å²) in [5, 5.41) is 20.8. The summed E-state index contributed by atoms with van der Waals surface area (Å²) < 4.78 is 0. The molecule has 0 aromatic carbocycles. The summed E-state index contributed by atoms with van der Waals surface area (Å²) in [6.45, 7) is 0.147. The van der Waals surface area contributed by atoms with E-state index in [1.807, 2.05) is 0 Å². The van der Waals surface area contributed by atoms with E-state index in [1.165, 1.54) is 6.20 Å². The number of H-pyrrole nitrogens is 1. The molecule has 7 nitrogen and oxygen atoms in total. The van der Waals surface area contributed by atoms with Gasteiger partial charge in [0.1, 0.15) is 0 Å². The molecule has 80 valence electrons. The Morgan fingerprint density at radius 1 is 1.60 bits per heavy atom. The van der Waals surface area contributed by atoms with Crippen molar-refractivity contribution in [2.45, 2.75) is 12.8 Å². The average molecular weight is 210 g/mol. The third-order valence-corrected chi connectivity index (χ3v) is 2.54. The van der Waals surface area contributed by atoms with Gasteiger partial charge in [0.25, 0.3) is 5.91 Å². The van der Waals surface area contributed by atoms with Crippen LogP contribution in [0.1, 0.15) is 23.3 Å². The highest BCUT2D eigenvalue weighted by Crippen LogP contribution is 2.45. The Labute approximate surface area is 84.9 Å². The van der Waals surface area contributed by atoms with Gasteiger partial charge in [-0.25, -0.2) is 0 Å². The van der Waals surface area contributed by atoms with E-state index in [2.05, 4.69) is 20.7 Å². The molecule has 0 radical (unpaired) electrons. The van der Waals surface area contributed by atoms with Gasteiger partial charge >= 0.3 is 5.97 Å². The summed E-state index contributed by atoms with van der Waals surface area (Å²) in [5.74, 6) is -1.26. The van der Waals surface area contributed by atoms with E-state index in [0.717, 1.165) is 0 Å². The molecule has 1 heterocycles. The number of carbonyl (C=O) groups is 2. The number of hydrogen-bond acceptors (Lipinski definition) is 4. The maximum Gasteiger partial charge on any atom is 0.311 e. The Bertz CT molecular complexity index is 383. The standard InChI is InChI=1S/C8H10N4O3/c13-6(5-3-10-12-11-5)9-4-8(1-2-8)7(14)15/h3H,1-2,4H2,(H,9,13)(H,14,15)(H,10,11,12). The lowest BCUT2D eigenvalue weighted by Crippen LogP contribution is -2.34. The minimum Gasteiger partial charge on any atom is -0.481 e. The minimum atomic E-state index is -0.858. The summed E-state index contributed by atoms with van der Waals surface area (Å²) in [6, 6.07) is 0. The molecule has 1 aliphatic carbocycles. The molecule has 2 rings (SSSR count). The first kappa shape index (κ1) is 9.63. The van der Waals surface area contributed by atoms with E-state index >= 15 is 0 Å². The van der Waals surface area contributed by atoms with E-state index < -0.39 is 17.3 Å². The lowest BCUT2D eigenvalue weighted by Gasteiger charge is -2.09. The highest BCUT2D eigenvalue weighted by atomic mass is 16.4. The zero-order valence-electron chi connectivity index (χ0n) is 7.86. The van der Waals surface area contributed by atoms with E-state index in [0.29, 0.717) is 12.8 Å². The van der Waals surface area contributed by atoms with Crippen LogP contribution in [-0.2, 0) is 4.79 Å². The van der Waals surface area contributed by atoms with Gasteiger partial charge in [0.2, 0.25) is 0 Å². The number of rotatable bonds is 4. The second-order valence-corrected chi connectivity index (χ2v) is 3.62. The van der Waals surface area contributed by atoms with Gasteiger partial charge in [-0.15, -0.1) is 0 Å². The number of aromatic amines is 1. The molecule has 0 saturated heterocycles. The molecular formula is C8H10N4O3. The van der Waals surface area contributed by atoms with Crippen molar-refractivity contribution in [3.05, 3.63) is 11.9 Å². The third kappa shape index (κ3) is 1.80. The predicted molar refractivity (Wildman–Crippen MR) is 48.0 cm³/mol. The van der Waals surface area contributed by atoms with Crippen molar-refractivity contribution in [2.24, 2.45) is 5.41 Å². The molecule has 1 amide bonds. The van der Waals surface area contributed by atoms with E-state index in [4.69, 9.17) is 5.11 Å². The van der Waals surface area contributed by atoms with Crippen molar-refractivity contribution in [3.63, 3.8) is 0 Å². The Morgan fingerprint density at radius 3 is 2.80 bits per heavy atom. The van der Waals surface area contributed by atoms with Gasteiger partial charge < -0.3 is 10.4 Å². The summed E-state index contributed by atoms with van der Waals surface area (Å²) >= 11 is 0. The van der Waals surface area contributed by atoms with Crippen LogP contribution in [0.15, 0.2) is 6.20 Å². The van der Waals surface area contributed by atoms with Gasteiger partial charge in [0.05, 0.1) is 11.6 Å². The lowest BCUT2D eigenvalue weighted by molar-refractivity contribution is -0.143. The number of carboxylic acid groups (broad SMARTS) is 1. The van der Waals surface area contributed by atoms with Crippen molar-refractivity contribution < 1.29 is 14.7 Å². The number of carbonyl (C=O) groups excluding carboxylic acids is 1. The van der Waals surface area contributed by atoms with Crippen LogP contribution in [0.5, 0.6) is 0 Å². The van der Waals surface area contributed by atoms with Crippen LogP contribution in [0.25, 0.3) is 0 Å². The molecule has 15 heavy (non-hydrogen) atoms. The lowest BCUT2D eigenvalue weighted by atomic mass is 10.1. The highest BCUT2D eigenvalue weighted by molar-refractivity contribution is 5.92. The number of amides is 1. The SMILES string of the molecule is O=C(NCC1(C(=O)O)CC1)c1cn[nH]n1. The summed E-state index contributed by atoms with van der Waals surface area (Å²) in [6.07, 6.45) is 2.51. The molecule has 1 fully saturated rings. The number of aromatic nitrogens is 3. The number of hydrogen-bond donors (Lipinski definition) is 3. The molecule has 0 aliphatic heterocycles. The first-order valence-corrected chi connectivity index (χ1v) is 4.51. The summed E-state index contributed by atoms with van der Waals surface area (Å²) in [5.41, 5.74) is -0.587. The van der Waals surface area contributed by atoms with Gasteiger partial charge in [0.15, 0.2) is 5.69 Å². The van der Waals surface area contributed by atoms with E-state index in [9.17, 15) is 9.59 Å². The van der Waals surface area contributed by atoms with Gasteiger partial charge in [0, 0.05) is 6.54 Å². The van der Waals surface area contributed by atoms with Gasteiger partial charge in [-0.1, -0.05) is 0 Å². The third-order valence-electron chi connectivity index (χ3n) is 2.54.